The van der Waals surface area contributed by atoms with Gasteiger partial charge in [0, 0.05) is 24.5 Å². The standard InChI is InChI=1S/C15H19N5O4S/c1-2-10(21)7-18-15(23)19-14-11(12(16)22)13(20-25-14)24-8-9-4-3-5-17-6-9/h3-6,10,21H,2,7-8H2,1H3,(H2,16,22)(H2,18,19,23). The van der Waals surface area contributed by atoms with E-state index in [2.05, 4.69) is 20.0 Å². The van der Waals surface area contributed by atoms with Crippen molar-refractivity contribution in [3.05, 3.63) is 35.7 Å². The monoisotopic (exact) mass is 365 g/mol. The number of hydrogen-bond acceptors (Lipinski definition) is 7. The van der Waals surface area contributed by atoms with Crippen LogP contribution in [0.2, 0.25) is 0 Å². The number of aromatic nitrogens is 2. The highest BCUT2D eigenvalue weighted by Crippen LogP contribution is 2.30. The number of nitrogens with one attached hydrogen (secondary N) is 2. The Balaban J connectivity index is 2.03. The van der Waals surface area contributed by atoms with Crippen molar-refractivity contribution < 1.29 is 19.4 Å². The summed E-state index contributed by atoms with van der Waals surface area (Å²) in [4.78, 5) is 27.5. The summed E-state index contributed by atoms with van der Waals surface area (Å²) in [6.07, 6.45) is 3.14. The van der Waals surface area contributed by atoms with E-state index >= 15 is 0 Å². The summed E-state index contributed by atoms with van der Waals surface area (Å²) in [5, 5.41) is 14.6. The molecule has 3 amide bonds. The third-order valence-electron chi connectivity index (χ3n) is 3.20. The smallest absolute Gasteiger partial charge is 0.320 e. The van der Waals surface area contributed by atoms with Gasteiger partial charge in [-0.25, -0.2) is 4.79 Å². The van der Waals surface area contributed by atoms with E-state index < -0.39 is 18.0 Å². The van der Waals surface area contributed by atoms with Gasteiger partial charge in [0.05, 0.1) is 6.10 Å². The van der Waals surface area contributed by atoms with Crippen LogP contribution in [0, 0.1) is 0 Å². The maximum absolute atomic E-state index is 11.8. The van der Waals surface area contributed by atoms with E-state index in [9.17, 15) is 14.7 Å². The Bertz CT molecular complexity index is 722. The van der Waals surface area contributed by atoms with Crippen LogP contribution in [0.4, 0.5) is 9.80 Å². The van der Waals surface area contributed by atoms with Gasteiger partial charge in [-0.05, 0) is 24.0 Å². The Kier molecular flexibility index (Phi) is 6.66. The molecule has 2 rings (SSSR count). The van der Waals surface area contributed by atoms with Gasteiger partial charge in [-0.1, -0.05) is 13.0 Å². The van der Waals surface area contributed by atoms with Crippen LogP contribution in [0.25, 0.3) is 0 Å². The van der Waals surface area contributed by atoms with Crippen LogP contribution in [0.5, 0.6) is 5.88 Å². The second kappa shape index (κ2) is 8.94. The van der Waals surface area contributed by atoms with Gasteiger partial charge >= 0.3 is 6.03 Å². The molecular formula is C15H19N5O4S. The van der Waals surface area contributed by atoms with Crippen molar-refractivity contribution >= 4 is 28.5 Å². The number of anilines is 1. The molecule has 2 aromatic rings. The number of primary amides is 1. The number of hydrogen-bond donors (Lipinski definition) is 4. The maximum atomic E-state index is 11.8. The summed E-state index contributed by atoms with van der Waals surface area (Å²) < 4.78 is 9.53. The van der Waals surface area contributed by atoms with Crippen LogP contribution in [0.1, 0.15) is 29.3 Å². The van der Waals surface area contributed by atoms with Gasteiger partial charge in [0.15, 0.2) is 0 Å². The van der Waals surface area contributed by atoms with Crippen molar-refractivity contribution in [3.63, 3.8) is 0 Å². The van der Waals surface area contributed by atoms with Crippen molar-refractivity contribution in [1.82, 2.24) is 14.7 Å². The number of ether oxygens (including phenoxy) is 1. The number of nitrogens with two attached hydrogens (primary N) is 1. The summed E-state index contributed by atoms with van der Waals surface area (Å²) in [5.41, 5.74) is 6.17. The lowest BCUT2D eigenvalue weighted by Crippen LogP contribution is -2.35. The molecule has 25 heavy (non-hydrogen) atoms. The van der Waals surface area contributed by atoms with E-state index in [0.29, 0.717) is 6.42 Å². The summed E-state index contributed by atoms with van der Waals surface area (Å²) in [7, 11) is 0. The molecule has 0 saturated heterocycles. The molecule has 2 heterocycles. The van der Waals surface area contributed by atoms with E-state index in [1.807, 2.05) is 6.07 Å². The molecule has 134 valence electrons. The number of urea groups is 1. The highest BCUT2D eigenvalue weighted by Gasteiger charge is 2.22. The van der Waals surface area contributed by atoms with Crippen molar-refractivity contribution in [2.45, 2.75) is 26.1 Å². The minimum absolute atomic E-state index is 0.0000744. The van der Waals surface area contributed by atoms with Crippen LogP contribution >= 0.6 is 11.5 Å². The molecule has 0 aromatic carbocycles. The number of rotatable bonds is 8. The quantitative estimate of drug-likeness (QED) is 0.552. The third kappa shape index (κ3) is 5.40. The second-order valence-electron chi connectivity index (χ2n) is 5.10. The molecule has 0 aliphatic rings. The van der Waals surface area contributed by atoms with Crippen LogP contribution < -0.4 is 21.1 Å². The molecule has 0 aliphatic heterocycles. The fourth-order valence-corrected chi connectivity index (χ4v) is 2.55. The summed E-state index contributed by atoms with van der Waals surface area (Å²) in [6.45, 7) is 2.05. The third-order valence-corrected chi connectivity index (χ3v) is 3.95. The SMILES string of the molecule is CCC(O)CNC(=O)Nc1snc(OCc2cccnc2)c1C(N)=O. The average molecular weight is 365 g/mol. The molecule has 2 aromatic heterocycles. The molecule has 5 N–H and O–H groups in total. The van der Waals surface area contributed by atoms with Gasteiger partial charge in [-0.15, -0.1) is 0 Å². The minimum Gasteiger partial charge on any atom is -0.472 e. The van der Waals surface area contributed by atoms with E-state index in [4.69, 9.17) is 10.5 Å². The molecule has 0 radical (unpaired) electrons. The number of carbonyl (C=O) groups is 2. The highest BCUT2D eigenvalue weighted by molar-refractivity contribution is 7.11. The Morgan fingerprint density at radius 3 is 2.92 bits per heavy atom. The zero-order valence-corrected chi connectivity index (χ0v) is 14.4. The molecule has 1 atom stereocenters. The first kappa shape index (κ1) is 18.6. The Hall–Kier alpha value is -2.72. The van der Waals surface area contributed by atoms with E-state index in [0.717, 1.165) is 17.1 Å². The molecule has 10 heteroatoms. The number of aliphatic hydroxyl groups excluding tert-OH is 1. The maximum Gasteiger partial charge on any atom is 0.320 e. The van der Waals surface area contributed by atoms with Crippen molar-refractivity contribution in [2.24, 2.45) is 5.73 Å². The van der Waals surface area contributed by atoms with E-state index in [1.165, 1.54) is 0 Å². The lowest BCUT2D eigenvalue weighted by Gasteiger charge is -2.10. The average Bonchev–Trinajstić information content (AvgIpc) is 3.01. The predicted molar refractivity (Wildman–Crippen MR) is 92.5 cm³/mol. The fourth-order valence-electron chi connectivity index (χ4n) is 1.81. The van der Waals surface area contributed by atoms with Gasteiger partial charge in [0.1, 0.15) is 17.2 Å². The molecule has 0 bridgehead atoms. The molecule has 0 aliphatic carbocycles. The first-order chi connectivity index (χ1) is 12.0. The number of nitrogens with zero attached hydrogens (tertiary/aromatic N) is 2. The van der Waals surface area contributed by atoms with E-state index in [-0.39, 0.29) is 29.6 Å². The number of amides is 3. The Labute approximate surface area is 148 Å². The highest BCUT2D eigenvalue weighted by atomic mass is 32.1. The van der Waals surface area contributed by atoms with Gasteiger partial charge in [0.2, 0.25) is 5.88 Å². The molecule has 0 spiro atoms. The number of aliphatic hydroxyl groups is 1. The first-order valence-corrected chi connectivity index (χ1v) is 8.32. The Morgan fingerprint density at radius 2 is 2.28 bits per heavy atom. The van der Waals surface area contributed by atoms with Crippen molar-refractivity contribution in [1.29, 1.82) is 0 Å². The summed E-state index contributed by atoms with van der Waals surface area (Å²) in [5.74, 6) is -0.718. The van der Waals surface area contributed by atoms with Gasteiger partial charge in [0.25, 0.3) is 5.91 Å². The van der Waals surface area contributed by atoms with Crippen LogP contribution in [0.15, 0.2) is 24.5 Å². The zero-order valence-electron chi connectivity index (χ0n) is 13.6. The number of carbonyl (C=O) groups excluding carboxylic acids is 2. The lowest BCUT2D eigenvalue weighted by molar-refractivity contribution is 0.0996. The van der Waals surface area contributed by atoms with Crippen LogP contribution in [-0.4, -0.2) is 39.1 Å². The van der Waals surface area contributed by atoms with Crippen molar-refractivity contribution in [2.75, 3.05) is 11.9 Å². The van der Waals surface area contributed by atoms with Crippen LogP contribution in [0.3, 0.4) is 0 Å². The Morgan fingerprint density at radius 1 is 1.48 bits per heavy atom. The minimum atomic E-state index is -0.765. The molecule has 0 saturated carbocycles. The fraction of sp³-hybridized carbons (Fsp3) is 0.333. The largest absolute Gasteiger partial charge is 0.472 e. The van der Waals surface area contributed by atoms with E-state index in [1.54, 1.807) is 25.4 Å². The second-order valence-corrected chi connectivity index (χ2v) is 5.88. The molecular weight excluding hydrogens is 346 g/mol. The van der Waals surface area contributed by atoms with Gasteiger partial charge < -0.3 is 20.9 Å². The molecule has 1 unspecified atom stereocenters. The molecule has 9 nitrogen and oxygen atoms in total. The van der Waals surface area contributed by atoms with Crippen LogP contribution in [-0.2, 0) is 6.61 Å². The van der Waals surface area contributed by atoms with Gasteiger partial charge in [-0.3, -0.25) is 15.1 Å². The number of pyridine rings is 1. The topological polar surface area (TPSA) is 139 Å². The lowest BCUT2D eigenvalue weighted by atomic mass is 10.3. The normalized spacial score (nSPS) is 11.6. The predicted octanol–water partition coefficient (Wildman–Crippen LogP) is 1.11. The van der Waals surface area contributed by atoms with Crippen molar-refractivity contribution in [3.8, 4) is 5.88 Å². The summed E-state index contributed by atoms with van der Waals surface area (Å²) in [6, 6.07) is 3.00. The summed E-state index contributed by atoms with van der Waals surface area (Å²) >= 11 is 0.882. The first-order valence-electron chi connectivity index (χ1n) is 7.55. The molecule has 0 fully saturated rings. The van der Waals surface area contributed by atoms with Gasteiger partial charge in [-0.2, -0.15) is 4.37 Å². The zero-order chi connectivity index (χ0) is 18.2.